The summed E-state index contributed by atoms with van der Waals surface area (Å²) in [5, 5.41) is 12.2. The summed E-state index contributed by atoms with van der Waals surface area (Å²) in [7, 11) is 3.16. The summed E-state index contributed by atoms with van der Waals surface area (Å²) < 4.78 is 12.4. The number of ether oxygens (including phenoxy) is 2. The average molecular weight is 496 g/mol. The third-order valence-corrected chi connectivity index (χ3v) is 6.31. The molecule has 0 saturated carbocycles. The van der Waals surface area contributed by atoms with Gasteiger partial charge in [0.25, 0.3) is 0 Å². The molecule has 0 bridgehead atoms. The zero-order valence-electron chi connectivity index (χ0n) is 18.7. The Morgan fingerprint density at radius 3 is 2.41 bits per heavy atom. The second kappa shape index (κ2) is 10.6. The molecule has 0 aliphatic rings. The van der Waals surface area contributed by atoms with E-state index in [0.29, 0.717) is 27.4 Å². The van der Waals surface area contributed by atoms with Gasteiger partial charge in [-0.05, 0) is 61.5 Å². The third kappa shape index (κ3) is 5.16. The molecule has 34 heavy (non-hydrogen) atoms. The van der Waals surface area contributed by atoms with Gasteiger partial charge in [0, 0.05) is 29.3 Å². The summed E-state index contributed by atoms with van der Waals surface area (Å²) >= 11 is 7.48. The first-order valence-corrected chi connectivity index (χ1v) is 11.6. The zero-order valence-corrected chi connectivity index (χ0v) is 20.3. The van der Waals surface area contributed by atoms with Crippen LogP contribution in [0, 0.1) is 0 Å². The van der Waals surface area contributed by atoms with E-state index >= 15 is 0 Å². The fraction of sp³-hybridized carbons (Fsp3) is 0.167. The number of amides is 1. The molecule has 1 N–H and O–H groups in total. The number of nitrogens with zero attached hydrogens (tertiary/aromatic N) is 4. The highest BCUT2D eigenvalue weighted by Gasteiger charge is 2.22. The van der Waals surface area contributed by atoms with Crippen molar-refractivity contribution >= 4 is 35.0 Å². The Kier molecular flexibility index (Phi) is 7.34. The van der Waals surface area contributed by atoms with Crippen LogP contribution in [-0.4, -0.2) is 45.1 Å². The fourth-order valence-electron chi connectivity index (χ4n) is 3.20. The summed E-state index contributed by atoms with van der Waals surface area (Å²) in [5.41, 5.74) is 2.28. The van der Waals surface area contributed by atoms with Crippen molar-refractivity contribution in [1.82, 2.24) is 19.7 Å². The minimum absolute atomic E-state index is 0.194. The van der Waals surface area contributed by atoms with Gasteiger partial charge in [0.15, 0.2) is 11.0 Å². The van der Waals surface area contributed by atoms with Gasteiger partial charge in [-0.3, -0.25) is 14.3 Å². The molecule has 2 aromatic carbocycles. The maximum atomic E-state index is 12.9. The van der Waals surface area contributed by atoms with Gasteiger partial charge in [-0.2, -0.15) is 0 Å². The van der Waals surface area contributed by atoms with E-state index in [1.54, 1.807) is 37.7 Å². The SMILES string of the molecule is COc1ccc(-n2c(SC(C)C(=O)Nc3ccc(OC)c(Cl)c3)nnc2-c2ccncc2)cc1. The van der Waals surface area contributed by atoms with Crippen molar-refractivity contribution < 1.29 is 14.3 Å². The van der Waals surface area contributed by atoms with E-state index in [9.17, 15) is 4.79 Å². The van der Waals surface area contributed by atoms with E-state index in [0.717, 1.165) is 17.0 Å². The van der Waals surface area contributed by atoms with Crippen LogP contribution in [0.3, 0.4) is 0 Å². The molecule has 1 amide bonds. The molecular weight excluding hydrogens is 474 g/mol. The highest BCUT2D eigenvalue weighted by molar-refractivity contribution is 8.00. The number of rotatable bonds is 8. The lowest BCUT2D eigenvalue weighted by Crippen LogP contribution is -2.22. The second-order valence-corrected chi connectivity index (χ2v) is 8.89. The molecule has 0 spiro atoms. The van der Waals surface area contributed by atoms with Gasteiger partial charge in [-0.15, -0.1) is 10.2 Å². The van der Waals surface area contributed by atoms with Crippen molar-refractivity contribution in [1.29, 1.82) is 0 Å². The van der Waals surface area contributed by atoms with Crippen LogP contribution in [0.25, 0.3) is 17.1 Å². The number of hydrogen-bond donors (Lipinski definition) is 1. The van der Waals surface area contributed by atoms with Crippen molar-refractivity contribution in [3.05, 3.63) is 72.0 Å². The quantitative estimate of drug-likeness (QED) is 0.339. The minimum Gasteiger partial charge on any atom is -0.497 e. The predicted molar refractivity (Wildman–Crippen MR) is 133 cm³/mol. The van der Waals surface area contributed by atoms with Crippen molar-refractivity contribution in [3.8, 4) is 28.6 Å². The number of thioether (sulfide) groups is 1. The van der Waals surface area contributed by atoms with Crippen LogP contribution in [0.1, 0.15) is 6.92 Å². The fourth-order valence-corrected chi connectivity index (χ4v) is 4.32. The molecule has 0 radical (unpaired) electrons. The predicted octanol–water partition coefficient (Wildman–Crippen LogP) is 5.12. The van der Waals surface area contributed by atoms with Crippen molar-refractivity contribution in [2.24, 2.45) is 0 Å². The van der Waals surface area contributed by atoms with E-state index < -0.39 is 5.25 Å². The molecule has 0 aliphatic carbocycles. The molecule has 174 valence electrons. The number of hydrogen-bond acceptors (Lipinski definition) is 7. The van der Waals surface area contributed by atoms with Gasteiger partial charge in [-0.25, -0.2) is 0 Å². The van der Waals surface area contributed by atoms with Crippen LogP contribution in [0.15, 0.2) is 72.1 Å². The number of methoxy groups -OCH3 is 2. The van der Waals surface area contributed by atoms with E-state index in [4.69, 9.17) is 21.1 Å². The molecule has 2 heterocycles. The topological polar surface area (TPSA) is 91.2 Å². The third-order valence-electron chi connectivity index (χ3n) is 4.97. The molecule has 0 aliphatic heterocycles. The standard InChI is InChI=1S/C24H22ClN5O3S/c1-15(23(31)27-17-4-9-21(33-3)20(25)14-17)34-24-29-28-22(16-10-12-26-13-11-16)30(24)18-5-7-19(32-2)8-6-18/h4-15H,1-3H3,(H,27,31). The molecular formula is C24H22ClN5O3S. The average Bonchev–Trinajstić information content (AvgIpc) is 3.28. The number of carbonyl (C=O) groups excluding carboxylic acids is 1. The molecule has 10 heteroatoms. The van der Waals surface area contributed by atoms with Gasteiger partial charge in [0.1, 0.15) is 11.5 Å². The van der Waals surface area contributed by atoms with Crippen molar-refractivity contribution in [2.45, 2.75) is 17.3 Å². The Morgan fingerprint density at radius 2 is 1.76 bits per heavy atom. The van der Waals surface area contributed by atoms with Crippen molar-refractivity contribution in [3.63, 3.8) is 0 Å². The Balaban J connectivity index is 1.61. The first kappa shape index (κ1) is 23.6. The summed E-state index contributed by atoms with van der Waals surface area (Å²) in [6.45, 7) is 1.81. The van der Waals surface area contributed by atoms with Crippen LogP contribution in [0.2, 0.25) is 5.02 Å². The summed E-state index contributed by atoms with van der Waals surface area (Å²) in [6.07, 6.45) is 3.40. The van der Waals surface area contributed by atoms with Gasteiger partial charge >= 0.3 is 0 Å². The number of carbonyl (C=O) groups is 1. The lowest BCUT2D eigenvalue weighted by Gasteiger charge is -2.15. The maximum absolute atomic E-state index is 12.9. The van der Waals surface area contributed by atoms with E-state index in [1.807, 2.05) is 47.9 Å². The monoisotopic (exact) mass is 495 g/mol. The zero-order chi connectivity index (χ0) is 24.1. The van der Waals surface area contributed by atoms with Crippen LogP contribution < -0.4 is 14.8 Å². The number of pyridine rings is 1. The van der Waals surface area contributed by atoms with Gasteiger partial charge < -0.3 is 14.8 Å². The van der Waals surface area contributed by atoms with E-state index in [-0.39, 0.29) is 5.91 Å². The van der Waals surface area contributed by atoms with Crippen LogP contribution >= 0.6 is 23.4 Å². The number of anilines is 1. The Labute approximate surface area is 206 Å². The molecule has 8 nitrogen and oxygen atoms in total. The lowest BCUT2D eigenvalue weighted by molar-refractivity contribution is -0.115. The Bertz CT molecular complexity index is 1280. The van der Waals surface area contributed by atoms with Crippen LogP contribution in [-0.2, 0) is 4.79 Å². The molecule has 4 rings (SSSR count). The van der Waals surface area contributed by atoms with Gasteiger partial charge in [-0.1, -0.05) is 23.4 Å². The molecule has 0 fully saturated rings. The summed E-state index contributed by atoms with van der Waals surface area (Å²) in [6, 6.07) is 16.4. The highest BCUT2D eigenvalue weighted by Crippen LogP contribution is 2.32. The molecule has 1 unspecified atom stereocenters. The Hall–Kier alpha value is -3.56. The highest BCUT2D eigenvalue weighted by atomic mass is 35.5. The summed E-state index contributed by atoms with van der Waals surface area (Å²) in [5.74, 6) is 1.73. The normalized spacial score (nSPS) is 11.6. The van der Waals surface area contributed by atoms with E-state index in [2.05, 4.69) is 20.5 Å². The van der Waals surface area contributed by atoms with Crippen LogP contribution in [0.5, 0.6) is 11.5 Å². The van der Waals surface area contributed by atoms with Gasteiger partial charge in [0.05, 0.1) is 24.5 Å². The smallest absolute Gasteiger partial charge is 0.237 e. The number of nitrogens with one attached hydrogen (secondary N) is 1. The first-order valence-electron chi connectivity index (χ1n) is 10.3. The number of benzene rings is 2. The van der Waals surface area contributed by atoms with E-state index in [1.165, 1.54) is 18.9 Å². The number of aromatic nitrogens is 4. The second-order valence-electron chi connectivity index (χ2n) is 7.17. The Morgan fingerprint density at radius 1 is 1.03 bits per heavy atom. The largest absolute Gasteiger partial charge is 0.497 e. The lowest BCUT2D eigenvalue weighted by atomic mass is 10.2. The molecule has 2 aromatic heterocycles. The summed E-state index contributed by atoms with van der Waals surface area (Å²) in [4.78, 5) is 17.0. The van der Waals surface area contributed by atoms with Gasteiger partial charge in [0.2, 0.25) is 5.91 Å². The molecule has 0 saturated heterocycles. The number of halogens is 1. The first-order chi connectivity index (χ1) is 16.5. The molecule has 1 atom stereocenters. The van der Waals surface area contributed by atoms with Crippen LogP contribution in [0.4, 0.5) is 5.69 Å². The van der Waals surface area contributed by atoms with Crippen molar-refractivity contribution in [2.75, 3.05) is 19.5 Å². The maximum Gasteiger partial charge on any atom is 0.237 e. The minimum atomic E-state index is -0.465. The molecule has 4 aromatic rings.